The Morgan fingerprint density at radius 2 is 2.00 bits per heavy atom. The van der Waals surface area contributed by atoms with Crippen molar-refractivity contribution in [3.8, 4) is 12.1 Å². The summed E-state index contributed by atoms with van der Waals surface area (Å²) in [5.41, 5.74) is 1.69. The molecule has 1 aliphatic rings. The van der Waals surface area contributed by atoms with Crippen molar-refractivity contribution >= 4 is 11.5 Å². The van der Waals surface area contributed by atoms with E-state index in [9.17, 15) is 4.79 Å². The Balaban J connectivity index is 2.32. The van der Waals surface area contributed by atoms with Crippen LogP contribution in [-0.4, -0.2) is 18.4 Å². The topological polar surface area (TPSA) is 67.9 Å². The summed E-state index contributed by atoms with van der Waals surface area (Å²) in [5.74, 6) is 0.285. The van der Waals surface area contributed by atoms with Gasteiger partial charge in [0.2, 0.25) is 0 Å². The highest BCUT2D eigenvalue weighted by atomic mass is 16.1. The Morgan fingerprint density at radius 3 is 2.61 bits per heavy atom. The summed E-state index contributed by atoms with van der Waals surface area (Å²) in [6.45, 7) is 2.68. The second-order valence-corrected chi connectivity index (χ2v) is 4.49. The van der Waals surface area contributed by atoms with E-state index in [1.807, 2.05) is 25.1 Å². The van der Waals surface area contributed by atoms with Crippen molar-refractivity contribution in [1.29, 1.82) is 10.5 Å². The first-order valence-electron chi connectivity index (χ1n) is 5.88. The number of Topliss-reactive ketones (excluding diaryl/α,β-unsaturated/α-hetero) is 1. The third kappa shape index (κ3) is 2.19. The number of nitrogens with zero attached hydrogens (tertiary/aromatic N) is 3. The molecule has 0 unspecified atom stereocenters. The second-order valence-electron chi connectivity index (χ2n) is 4.49. The van der Waals surface area contributed by atoms with E-state index in [2.05, 4.69) is 4.90 Å². The fourth-order valence-corrected chi connectivity index (χ4v) is 2.29. The van der Waals surface area contributed by atoms with Crippen LogP contribution in [0.1, 0.15) is 30.9 Å². The lowest BCUT2D eigenvalue weighted by molar-refractivity contribution is -0.120. The van der Waals surface area contributed by atoms with Crippen LogP contribution in [0.4, 0.5) is 5.69 Å². The van der Waals surface area contributed by atoms with Crippen LogP contribution in [0.15, 0.2) is 18.2 Å². The Labute approximate surface area is 106 Å². The van der Waals surface area contributed by atoms with Crippen LogP contribution < -0.4 is 4.90 Å². The average molecular weight is 239 g/mol. The predicted molar refractivity (Wildman–Crippen MR) is 66.9 cm³/mol. The zero-order chi connectivity index (χ0) is 13.1. The van der Waals surface area contributed by atoms with Gasteiger partial charge in [0.05, 0.1) is 11.1 Å². The molecule has 1 fully saturated rings. The fourth-order valence-electron chi connectivity index (χ4n) is 2.29. The number of piperidine rings is 1. The molecule has 18 heavy (non-hydrogen) atoms. The average Bonchev–Trinajstić information content (AvgIpc) is 2.38. The maximum Gasteiger partial charge on any atom is 0.136 e. The van der Waals surface area contributed by atoms with Gasteiger partial charge in [0.15, 0.2) is 0 Å². The summed E-state index contributed by atoms with van der Waals surface area (Å²) in [6.07, 6.45) is 1.09. The van der Waals surface area contributed by atoms with Crippen molar-refractivity contribution < 1.29 is 4.79 Å². The van der Waals surface area contributed by atoms with Crippen molar-refractivity contribution in [3.05, 3.63) is 29.3 Å². The Morgan fingerprint density at radius 1 is 1.28 bits per heavy atom. The normalized spacial score (nSPS) is 19.2. The third-order valence-electron chi connectivity index (χ3n) is 3.26. The Bertz CT molecular complexity index is 565. The van der Waals surface area contributed by atoms with Crippen LogP contribution >= 0.6 is 0 Å². The quantitative estimate of drug-likeness (QED) is 0.751. The summed E-state index contributed by atoms with van der Waals surface area (Å²) in [4.78, 5) is 13.5. The first-order chi connectivity index (χ1) is 8.65. The molecule has 2 rings (SSSR count). The number of carbonyl (C=O) groups is 1. The number of hydrogen-bond donors (Lipinski definition) is 0. The van der Waals surface area contributed by atoms with E-state index in [4.69, 9.17) is 10.5 Å². The maximum absolute atomic E-state index is 11.4. The molecule has 0 radical (unpaired) electrons. The van der Waals surface area contributed by atoms with E-state index in [1.165, 1.54) is 0 Å². The van der Waals surface area contributed by atoms with E-state index < -0.39 is 0 Å². The number of hydrogen-bond acceptors (Lipinski definition) is 4. The maximum atomic E-state index is 11.4. The highest BCUT2D eigenvalue weighted by Crippen LogP contribution is 2.25. The molecule has 4 nitrogen and oxygen atoms in total. The fraction of sp³-hybridized carbons (Fsp3) is 0.357. The molecule has 1 saturated heterocycles. The molecule has 1 heterocycles. The van der Waals surface area contributed by atoms with Crippen LogP contribution in [0.2, 0.25) is 0 Å². The molecule has 0 bridgehead atoms. The highest BCUT2D eigenvalue weighted by Gasteiger charge is 2.24. The van der Waals surface area contributed by atoms with Gasteiger partial charge in [0.25, 0.3) is 0 Å². The van der Waals surface area contributed by atoms with Gasteiger partial charge in [-0.2, -0.15) is 10.5 Å². The van der Waals surface area contributed by atoms with Gasteiger partial charge < -0.3 is 4.90 Å². The molecule has 0 saturated carbocycles. The predicted octanol–water partition coefficient (Wildman–Crippen LogP) is 1.99. The molecule has 1 aliphatic heterocycles. The zero-order valence-corrected chi connectivity index (χ0v) is 10.2. The molecular weight excluding hydrogens is 226 g/mol. The van der Waals surface area contributed by atoms with Gasteiger partial charge in [-0.05, 0) is 25.1 Å². The first kappa shape index (κ1) is 12.1. The van der Waals surface area contributed by atoms with Crippen LogP contribution in [0.5, 0.6) is 0 Å². The molecule has 0 aromatic heterocycles. The van der Waals surface area contributed by atoms with Crippen molar-refractivity contribution in [3.63, 3.8) is 0 Å². The lowest BCUT2D eigenvalue weighted by Gasteiger charge is -2.34. The smallest absolute Gasteiger partial charge is 0.136 e. The molecule has 1 aromatic rings. The number of nitriles is 2. The van der Waals surface area contributed by atoms with E-state index in [1.54, 1.807) is 12.1 Å². The first-order valence-corrected chi connectivity index (χ1v) is 5.88. The third-order valence-corrected chi connectivity index (χ3v) is 3.26. The van der Waals surface area contributed by atoms with Crippen LogP contribution in [0.25, 0.3) is 0 Å². The SMILES string of the molecule is C[C@H]1CC(=O)CCN1c1ccc(C#N)c(C#N)c1. The Kier molecular flexibility index (Phi) is 3.30. The van der Waals surface area contributed by atoms with E-state index in [0.29, 0.717) is 30.5 Å². The zero-order valence-electron chi connectivity index (χ0n) is 10.2. The monoisotopic (exact) mass is 239 g/mol. The number of anilines is 1. The van der Waals surface area contributed by atoms with Gasteiger partial charge in [0.1, 0.15) is 17.9 Å². The molecular formula is C14H13N3O. The molecule has 90 valence electrons. The molecule has 1 atom stereocenters. The van der Waals surface area contributed by atoms with E-state index in [-0.39, 0.29) is 11.8 Å². The van der Waals surface area contributed by atoms with Gasteiger partial charge in [-0.25, -0.2) is 0 Å². The summed E-state index contributed by atoms with van der Waals surface area (Å²) in [5, 5.41) is 17.9. The van der Waals surface area contributed by atoms with Crippen molar-refractivity contribution in [2.75, 3.05) is 11.4 Å². The summed E-state index contributed by atoms with van der Waals surface area (Å²) in [6, 6.07) is 9.41. The number of carbonyl (C=O) groups excluding carboxylic acids is 1. The molecule has 0 amide bonds. The minimum Gasteiger partial charge on any atom is -0.368 e. The molecule has 1 aromatic carbocycles. The van der Waals surface area contributed by atoms with Crippen molar-refractivity contribution in [2.24, 2.45) is 0 Å². The summed E-state index contributed by atoms with van der Waals surface area (Å²) < 4.78 is 0. The van der Waals surface area contributed by atoms with Gasteiger partial charge in [-0.15, -0.1) is 0 Å². The minimum absolute atomic E-state index is 0.144. The molecule has 0 aliphatic carbocycles. The Hall–Kier alpha value is -2.33. The summed E-state index contributed by atoms with van der Waals surface area (Å²) >= 11 is 0. The minimum atomic E-state index is 0.144. The molecule has 0 N–H and O–H groups in total. The van der Waals surface area contributed by atoms with E-state index in [0.717, 1.165) is 5.69 Å². The van der Waals surface area contributed by atoms with E-state index >= 15 is 0 Å². The number of rotatable bonds is 1. The summed E-state index contributed by atoms with van der Waals surface area (Å²) in [7, 11) is 0. The van der Waals surface area contributed by atoms with Crippen LogP contribution in [0.3, 0.4) is 0 Å². The molecule has 0 spiro atoms. The van der Waals surface area contributed by atoms with Crippen molar-refractivity contribution in [1.82, 2.24) is 0 Å². The standard InChI is InChI=1S/C14H13N3O/c1-10-6-14(18)4-5-17(10)13-3-2-11(8-15)12(7-13)9-16/h2-3,7,10H,4-6H2,1H3/t10-/m0/s1. The van der Waals surface area contributed by atoms with Gasteiger partial charge in [0, 0.05) is 31.1 Å². The van der Waals surface area contributed by atoms with Crippen LogP contribution in [0, 0.1) is 22.7 Å². The highest BCUT2D eigenvalue weighted by molar-refractivity contribution is 5.81. The van der Waals surface area contributed by atoms with Gasteiger partial charge in [-0.1, -0.05) is 0 Å². The number of ketones is 1. The van der Waals surface area contributed by atoms with Crippen molar-refractivity contribution in [2.45, 2.75) is 25.8 Å². The van der Waals surface area contributed by atoms with Gasteiger partial charge >= 0.3 is 0 Å². The second kappa shape index (κ2) is 4.89. The lowest BCUT2D eigenvalue weighted by atomic mass is 10.00. The lowest BCUT2D eigenvalue weighted by Crippen LogP contribution is -2.41. The van der Waals surface area contributed by atoms with Gasteiger partial charge in [-0.3, -0.25) is 4.79 Å². The largest absolute Gasteiger partial charge is 0.368 e. The molecule has 4 heteroatoms. The van der Waals surface area contributed by atoms with Crippen LogP contribution in [-0.2, 0) is 4.79 Å². The number of benzene rings is 1.